The van der Waals surface area contributed by atoms with Crippen LogP contribution in [0.3, 0.4) is 0 Å². The van der Waals surface area contributed by atoms with Gasteiger partial charge in [-0.25, -0.2) is 4.98 Å². The lowest BCUT2D eigenvalue weighted by Gasteiger charge is -2.11. The third-order valence-corrected chi connectivity index (χ3v) is 6.86. The Morgan fingerprint density at radius 3 is 2.49 bits per heavy atom. The molecular weight excluding hydrogens is 458 g/mol. The van der Waals surface area contributed by atoms with Crippen molar-refractivity contribution in [3.8, 4) is 5.75 Å². The van der Waals surface area contributed by atoms with Crippen LogP contribution in [0, 0.1) is 6.92 Å². The Bertz CT molecular complexity index is 1280. The van der Waals surface area contributed by atoms with E-state index in [4.69, 9.17) is 9.72 Å². The number of fused-ring (bicyclic) bond motifs is 1. The number of hydrogen-bond donors (Lipinski definition) is 1. The molecule has 0 atom stereocenters. The number of hydrogen-bond acceptors (Lipinski definition) is 3. The minimum Gasteiger partial charge on any atom is -0.494 e. The van der Waals surface area contributed by atoms with E-state index in [0.29, 0.717) is 6.54 Å². The predicted molar refractivity (Wildman–Crippen MR) is 151 cm³/mol. The van der Waals surface area contributed by atoms with Crippen LogP contribution in [0.1, 0.15) is 66.3 Å². The maximum atomic E-state index is 12.4. The molecule has 1 N–H and O–H groups in total. The Kier molecular flexibility index (Phi) is 9.75. The highest BCUT2D eigenvalue weighted by Gasteiger charge is 2.11. The van der Waals surface area contributed by atoms with Gasteiger partial charge in [0, 0.05) is 25.1 Å². The molecule has 0 bridgehead atoms. The van der Waals surface area contributed by atoms with Crippen LogP contribution in [-0.2, 0) is 19.4 Å². The van der Waals surface area contributed by atoms with E-state index in [9.17, 15) is 4.79 Å². The summed E-state index contributed by atoms with van der Waals surface area (Å²) in [4.78, 5) is 17.3. The molecule has 0 aliphatic heterocycles. The molecule has 194 valence electrons. The second-order valence-electron chi connectivity index (χ2n) is 9.60. The Balaban J connectivity index is 1.21. The van der Waals surface area contributed by atoms with Crippen LogP contribution in [0.4, 0.5) is 0 Å². The van der Waals surface area contributed by atoms with Crippen LogP contribution in [0.15, 0.2) is 72.8 Å². The van der Waals surface area contributed by atoms with Crippen molar-refractivity contribution in [1.29, 1.82) is 0 Å². The lowest BCUT2D eigenvalue weighted by Crippen LogP contribution is -2.25. The molecule has 0 aliphatic rings. The van der Waals surface area contributed by atoms with Gasteiger partial charge < -0.3 is 14.6 Å². The fourth-order valence-corrected chi connectivity index (χ4v) is 4.66. The fraction of sp³-hybridized carbons (Fsp3) is 0.375. The molecule has 37 heavy (non-hydrogen) atoms. The van der Waals surface area contributed by atoms with Crippen molar-refractivity contribution in [1.82, 2.24) is 14.9 Å². The first-order chi connectivity index (χ1) is 18.2. The number of nitrogens with one attached hydrogen (secondary N) is 1. The molecule has 1 heterocycles. The summed E-state index contributed by atoms with van der Waals surface area (Å²) in [6.45, 7) is 6.50. The predicted octanol–water partition coefficient (Wildman–Crippen LogP) is 6.91. The van der Waals surface area contributed by atoms with Gasteiger partial charge in [0.15, 0.2) is 0 Å². The molecule has 0 aliphatic carbocycles. The molecule has 4 aromatic rings. The molecule has 0 saturated heterocycles. The van der Waals surface area contributed by atoms with Crippen molar-refractivity contribution in [3.05, 3.63) is 95.3 Å². The number of unbranched alkanes of at least 4 members (excludes halogenated alkanes) is 3. The van der Waals surface area contributed by atoms with Crippen molar-refractivity contribution >= 4 is 16.9 Å². The summed E-state index contributed by atoms with van der Waals surface area (Å²) in [7, 11) is 0. The molecule has 0 saturated carbocycles. The lowest BCUT2D eigenvalue weighted by molar-refractivity contribution is 0.0952. The molecule has 0 spiro atoms. The molecule has 1 aromatic heterocycles. The Hall–Kier alpha value is -3.60. The average Bonchev–Trinajstić information content (AvgIpc) is 3.28. The van der Waals surface area contributed by atoms with Crippen LogP contribution in [-0.4, -0.2) is 28.6 Å². The summed E-state index contributed by atoms with van der Waals surface area (Å²) in [5.41, 5.74) is 5.38. The SMILES string of the molecule is CCc1ccc(OCCCCn2c(CCCCCNC(=O)c3ccccc3C)nc3ccccc32)cc1. The normalized spacial score (nSPS) is 11.1. The Labute approximate surface area is 220 Å². The van der Waals surface area contributed by atoms with Crippen LogP contribution < -0.4 is 10.1 Å². The highest BCUT2D eigenvalue weighted by Crippen LogP contribution is 2.19. The quantitative estimate of drug-likeness (QED) is 0.193. The molecule has 0 fully saturated rings. The van der Waals surface area contributed by atoms with E-state index in [0.717, 1.165) is 86.3 Å². The van der Waals surface area contributed by atoms with E-state index >= 15 is 0 Å². The smallest absolute Gasteiger partial charge is 0.251 e. The number of nitrogens with zero attached hydrogens (tertiary/aromatic N) is 2. The molecule has 4 rings (SSSR count). The highest BCUT2D eigenvalue weighted by molar-refractivity contribution is 5.95. The molecule has 5 nitrogen and oxygen atoms in total. The van der Waals surface area contributed by atoms with Gasteiger partial charge in [0.05, 0.1) is 17.6 Å². The highest BCUT2D eigenvalue weighted by atomic mass is 16.5. The molecule has 0 radical (unpaired) electrons. The number of ether oxygens (including phenoxy) is 1. The molecule has 3 aromatic carbocycles. The second kappa shape index (κ2) is 13.6. The first-order valence-electron chi connectivity index (χ1n) is 13.7. The standard InChI is InChI=1S/C32H39N3O2/c1-3-26-18-20-27(21-19-26)37-24-12-11-23-35-30-16-9-8-15-29(30)34-31(35)17-5-4-10-22-33-32(36)28-14-7-6-13-25(28)2/h6-9,13-16,18-21H,3-5,10-12,17,22-24H2,1-2H3,(H,33,36). The van der Waals surface area contributed by atoms with Crippen molar-refractivity contribution in [2.24, 2.45) is 0 Å². The molecular formula is C32H39N3O2. The summed E-state index contributed by atoms with van der Waals surface area (Å²) in [6, 6.07) is 24.5. The number of aryl methyl sites for hydroxylation is 4. The number of para-hydroxylation sites is 2. The van der Waals surface area contributed by atoms with Gasteiger partial charge in [0.1, 0.15) is 11.6 Å². The first kappa shape index (κ1) is 26.5. The van der Waals surface area contributed by atoms with Crippen molar-refractivity contribution < 1.29 is 9.53 Å². The van der Waals surface area contributed by atoms with Gasteiger partial charge in [-0.15, -0.1) is 0 Å². The zero-order chi connectivity index (χ0) is 25.9. The Morgan fingerprint density at radius 1 is 0.892 bits per heavy atom. The largest absolute Gasteiger partial charge is 0.494 e. The van der Waals surface area contributed by atoms with E-state index in [2.05, 4.69) is 65.3 Å². The number of aromatic nitrogens is 2. The van der Waals surface area contributed by atoms with E-state index in [1.807, 2.05) is 31.2 Å². The van der Waals surface area contributed by atoms with Gasteiger partial charge in [-0.05, 0) is 80.5 Å². The maximum Gasteiger partial charge on any atom is 0.251 e. The molecule has 5 heteroatoms. The number of carbonyl (C=O) groups is 1. The summed E-state index contributed by atoms with van der Waals surface area (Å²) < 4.78 is 8.32. The number of imidazole rings is 1. The zero-order valence-electron chi connectivity index (χ0n) is 22.2. The maximum absolute atomic E-state index is 12.4. The van der Waals surface area contributed by atoms with Crippen molar-refractivity contribution in [3.63, 3.8) is 0 Å². The van der Waals surface area contributed by atoms with Crippen LogP contribution in [0.5, 0.6) is 5.75 Å². The van der Waals surface area contributed by atoms with E-state index in [-0.39, 0.29) is 5.91 Å². The number of rotatable bonds is 14. The molecule has 1 amide bonds. The van der Waals surface area contributed by atoms with Crippen LogP contribution in [0.2, 0.25) is 0 Å². The van der Waals surface area contributed by atoms with Crippen molar-refractivity contribution in [2.75, 3.05) is 13.2 Å². The summed E-state index contributed by atoms with van der Waals surface area (Å²) in [6.07, 6.45) is 7.12. The topological polar surface area (TPSA) is 56.1 Å². The second-order valence-corrected chi connectivity index (χ2v) is 9.60. The summed E-state index contributed by atoms with van der Waals surface area (Å²) >= 11 is 0. The van der Waals surface area contributed by atoms with Crippen LogP contribution >= 0.6 is 0 Å². The number of benzene rings is 3. The minimum absolute atomic E-state index is 0.0156. The van der Waals surface area contributed by atoms with Gasteiger partial charge >= 0.3 is 0 Å². The van der Waals surface area contributed by atoms with Gasteiger partial charge in [0.2, 0.25) is 0 Å². The third-order valence-electron chi connectivity index (χ3n) is 6.86. The van der Waals surface area contributed by atoms with Gasteiger partial charge in [-0.1, -0.05) is 55.8 Å². The summed E-state index contributed by atoms with van der Waals surface area (Å²) in [5, 5.41) is 3.06. The third kappa shape index (κ3) is 7.45. The summed E-state index contributed by atoms with van der Waals surface area (Å²) in [5.74, 6) is 2.11. The van der Waals surface area contributed by atoms with Gasteiger partial charge in [-0.2, -0.15) is 0 Å². The van der Waals surface area contributed by atoms with Gasteiger partial charge in [-0.3, -0.25) is 4.79 Å². The molecule has 0 unspecified atom stereocenters. The van der Waals surface area contributed by atoms with Crippen LogP contribution in [0.25, 0.3) is 11.0 Å². The zero-order valence-corrected chi connectivity index (χ0v) is 22.2. The van der Waals surface area contributed by atoms with E-state index in [1.54, 1.807) is 0 Å². The average molecular weight is 498 g/mol. The Morgan fingerprint density at radius 2 is 1.68 bits per heavy atom. The minimum atomic E-state index is 0.0156. The first-order valence-corrected chi connectivity index (χ1v) is 13.7. The fourth-order valence-electron chi connectivity index (χ4n) is 4.66. The van der Waals surface area contributed by atoms with Crippen molar-refractivity contribution in [2.45, 2.75) is 65.3 Å². The number of amides is 1. The van der Waals surface area contributed by atoms with E-state index in [1.165, 1.54) is 11.1 Å². The van der Waals surface area contributed by atoms with E-state index < -0.39 is 0 Å². The lowest BCUT2D eigenvalue weighted by atomic mass is 10.1. The van der Waals surface area contributed by atoms with Gasteiger partial charge in [0.25, 0.3) is 5.91 Å². The monoisotopic (exact) mass is 497 g/mol. The number of carbonyl (C=O) groups excluding carboxylic acids is 1.